The number of aromatic nitrogens is 3. The highest BCUT2D eigenvalue weighted by atomic mass is 33.1. The monoisotopic (exact) mass is 983 g/mol. The van der Waals surface area contributed by atoms with Gasteiger partial charge in [0.15, 0.2) is 0 Å². The molecule has 2 aromatic rings. The molecule has 4 amide bonds. The lowest BCUT2D eigenvalue weighted by Crippen LogP contribution is -2.53. The minimum Gasteiger partial charge on any atom is -0.390 e. The van der Waals surface area contributed by atoms with Crippen LogP contribution in [0.15, 0.2) is 12.5 Å². The molecule has 26 nitrogen and oxygen atoms in total. The van der Waals surface area contributed by atoms with Crippen molar-refractivity contribution in [3.8, 4) is 0 Å². The molecular weight excluding hydrogens is 935 g/mol. The summed E-state index contributed by atoms with van der Waals surface area (Å²) < 4.78 is 53.9. The third-order valence-corrected chi connectivity index (χ3v) is 14.9. The average Bonchev–Trinajstić information content (AvgIpc) is 3.74. The van der Waals surface area contributed by atoms with Crippen LogP contribution in [0.5, 0.6) is 0 Å². The summed E-state index contributed by atoms with van der Waals surface area (Å²) in [7, 11) is -12.9. The second-order valence-electron chi connectivity index (χ2n) is 12.9. The molecule has 6 unspecified atom stereocenters. The van der Waals surface area contributed by atoms with E-state index in [1.807, 2.05) is 0 Å². The number of carbonyl (C=O) groups is 5. The predicted octanol–water partition coefficient (Wildman–Crippen LogP) is -0.873. The van der Waals surface area contributed by atoms with Gasteiger partial charge in [0, 0.05) is 68.4 Å². The fourth-order valence-corrected chi connectivity index (χ4v) is 10.7. The van der Waals surface area contributed by atoms with Gasteiger partial charge in [0.1, 0.15) is 36.2 Å². The molecule has 0 aromatic carbocycles. The molecule has 0 spiro atoms. The zero-order valence-electron chi connectivity index (χ0n) is 32.3. The number of nitrogens with two attached hydrogens (primary N) is 2. The van der Waals surface area contributed by atoms with Crippen molar-refractivity contribution in [2.45, 2.75) is 75.6 Å². The molecule has 61 heavy (non-hydrogen) atoms. The predicted molar refractivity (Wildman–Crippen MR) is 222 cm³/mol. The fraction of sp³-hybridized carbons (Fsp3) is 0.621. The number of hydrogen-bond donors (Lipinski definition) is 12. The highest BCUT2D eigenvalue weighted by Gasteiger charge is 2.43. The molecule has 0 radical (unpaired) electrons. The number of thiol groups is 1. The number of nitrogens with one attached hydrogen (secondary N) is 4. The first-order valence-corrected chi connectivity index (χ1v) is 25.6. The number of aliphatic hydroxyl groups is 1. The Kier molecular flexibility index (Phi) is 21.1. The van der Waals surface area contributed by atoms with E-state index in [0.29, 0.717) is 36.6 Å². The molecule has 32 heteroatoms. The molecule has 1 fully saturated rings. The highest BCUT2D eigenvalue weighted by molar-refractivity contribution is 8.76. The highest BCUT2D eigenvalue weighted by Crippen LogP contribution is 2.66. The van der Waals surface area contributed by atoms with Crippen molar-refractivity contribution in [2.24, 2.45) is 5.73 Å². The van der Waals surface area contributed by atoms with Crippen LogP contribution in [0.4, 0.5) is 5.82 Å². The summed E-state index contributed by atoms with van der Waals surface area (Å²) in [5.74, 6) is -2.69. The number of amides is 4. The summed E-state index contributed by atoms with van der Waals surface area (Å²) in [6.07, 6.45) is 1.14. The number of hydrogen-bond acceptors (Lipinski definition) is 20. The Labute approximate surface area is 361 Å². The Balaban J connectivity index is 1.54. The van der Waals surface area contributed by atoms with Crippen molar-refractivity contribution in [1.29, 1.82) is 0 Å². The number of anilines is 1. The van der Waals surface area contributed by atoms with Crippen LogP contribution in [-0.2, 0) is 62.1 Å². The first kappa shape index (κ1) is 52.7. The Morgan fingerprint density at radius 2 is 1.74 bits per heavy atom. The van der Waals surface area contributed by atoms with Gasteiger partial charge >= 0.3 is 23.5 Å². The minimum atomic E-state index is -5.77. The topological polar surface area (TPSA) is 405 Å². The Bertz CT molecular complexity index is 2010. The largest absolute Gasteiger partial charge is 0.490 e. The van der Waals surface area contributed by atoms with Gasteiger partial charge in [-0.05, 0) is 12.8 Å². The van der Waals surface area contributed by atoms with Crippen LogP contribution in [-0.4, -0.2) is 130 Å². The molecule has 0 aliphatic carbocycles. The van der Waals surface area contributed by atoms with Crippen LogP contribution in [0.3, 0.4) is 0 Å². The quantitative estimate of drug-likeness (QED) is 0.0170. The Hall–Kier alpha value is -2.69. The first-order valence-electron chi connectivity index (χ1n) is 18.0. The third kappa shape index (κ3) is 17.8. The number of aliphatic hydroxyl groups excluding tert-OH is 1. The molecule has 2 aromatic heterocycles. The summed E-state index contributed by atoms with van der Waals surface area (Å²) in [4.78, 5) is 107. The van der Waals surface area contributed by atoms with Crippen molar-refractivity contribution < 1.29 is 80.2 Å². The number of ketones is 1. The molecule has 1 aliphatic rings. The number of Topliss-reactive ketones (excluding diaryl/α,β-unsaturated/α-hetero) is 1. The van der Waals surface area contributed by atoms with Crippen LogP contribution in [0.2, 0.25) is 0 Å². The first-order chi connectivity index (χ1) is 28.6. The summed E-state index contributed by atoms with van der Waals surface area (Å²) >= 11 is 3.93. The van der Waals surface area contributed by atoms with Crippen LogP contribution in [0, 0.1) is 0 Å². The van der Waals surface area contributed by atoms with Crippen molar-refractivity contribution in [3.05, 3.63) is 18.1 Å². The van der Waals surface area contributed by atoms with Crippen LogP contribution in [0.1, 0.15) is 50.3 Å². The number of phosphoric acid groups is 3. The van der Waals surface area contributed by atoms with Gasteiger partial charge in [-0.2, -0.15) is 21.3 Å². The van der Waals surface area contributed by atoms with Gasteiger partial charge in [0.25, 0.3) is 5.91 Å². The maximum absolute atomic E-state index is 13.0. The summed E-state index contributed by atoms with van der Waals surface area (Å²) in [6.45, 7) is -0.688. The van der Waals surface area contributed by atoms with Gasteiger partial charge in [0.05, 0.1) is 24.1 Å². The second-order valence-corrected chi connectivity index (χ2v) is 20.3. The van der Waals surface area contributed by atoms with Gasteiger partial charge in [-0.1, -0.05) is 28.0 Å². The average molecular weight is 984 g/mol. The van der Waals surface area contributed by atoms with Crippen molar-refractivity contribution in [1.82, 2.24) is 35.8 Å². The van der Waals surface area contributed by atoms with E-state index in [4.69, 9.17) is 26.0 Å². The third-order valence-electron chi connectivity index (χ3n) is 8.29. The zero-order valence-corrected chi connectivity index (χ0v) is 37.5. The van der Waals surface area contributed by atoms with Crippen molar-refractivity contribution >= 4 is 104 Å². The molecular formula is C29H48N9O17P3S3. The number of nitrogens with zero attached hydrogens (tertiary/aromatic N) is 3. The van der Waals surface area contributed by atoms with Gasteiger partial charge < -0.3 is 66.7 Å². The van der Waals surface area contributed by atoms with Crippen LogP contribution in [0.25, 0.3) is 11.0 Å². The molecule has 3 rings (SSSR count). The second kappa shape index (κ2) is 24.4. The number of unbranched alkanes of at least 4 members (excludes halogenated alkanes) is 2. The Morgan fingerprint density at radius 1 is 1.02 bits per heavy atom. The molecule has 13 N–H and O–H groups in total. The fourth-order valence-electron chi connectivity index (χ4n) is 5.35. The van der Waals surface area contributed by atoms with Gasteiger partial charge in [-0.15, -0.1) is 0 Å². The number of nitrogen functional groups attached to an aromatic ring is 1. The van der Waals surface area contributed by atoms with Gasteiger partial charge in [0.2, 0.25) is 23.5 Å². The molecule has 1 saturated heterocycles. The van der Waals surface area contributed by atoms with Gasteiger partial charge in [-0.3, -0.25) is 28.5 Å². The zero-order chi connectivity index (χ0) is 45.5. The van der Waals surface area contributed by atoms with Crippen molar-refractivity contribution in [3.63, 3.8) is 0 Å². The smallest absolute Gasteiger partial charge is 0.390 e. The van der Waals surface area contributed by atoms with E-state index in [-0.39, 0.29) is 66.5 Å². The number of rotatable bonds is 27. The summed E-state index contributed by atoms with van der Waals surface area (Å²) in [6, 6.07) is -2.26. The summed E-state index contributed by atoms with van der Waals surface area (Å²) in [5.41, 5.74) is 12.4. The van der Waals surface area contributed by atoms with E-state index in [1.54, 1.807) is 7.05 Å². The summed E-state index contributed by atoms with van der Waals surface area (Å²) in [5, 5.41) is 21.4. The van der Waals surface area contributed by atoms with Crippen LogP contribution >= 0.6 is 57.7 Å². The standard InChI is InChI=1S/C29H48N9O17P3S3/c1-32-21(40)5-3-2-4-7-33-28(43)18(37-29(44)25(42)17(30)13-59)14-61-60-8-6-22(41)34-10-16-11-38(27-24(16)26(31)35-15-36-27)23-9-19(39)20(53-23)12-52-57(48,49)55-58(50,51)54-56(45,46)47/h11,15,17-20,23,39,59H,2-10,12-14,30H2,1H3,(H,32,40)(H,33,43)(H,34,41)(H,37,44)(H,48,49)(H,50,51)(H2,31,35,36)(H2,45,46,47)/t17-,18?,19?,20?,23?/m0/s1. The molecule has 3 heterocycles. The van der Waals surface area contributed by atoms with E-state index in [0.717, 1.165) is 6.33 Å². The van der Waals surface area contributed by atoms with E-state index >= 15 is 0 Å². The molecule has 7 atom stereocenters. The molecule has 0 saturated carbocycles. The molecule has 344 valence electrons. The van der Waals surface area contributed by atoms with E-state index in [9.17, 15) is 52.6 Å². The Morgan fingerprint density at radius 3 is 2.41 bits per heavy atom. The SMILES string of the molecule is CNC(=O)CCCCCNC(=O)C(CSSCCC(=O)NCc1cn(C2CC(O)C(COP(=O)(O)OP(=O)(O)OP(=O)(O)O)O2)c2ncnc(N)c12)NC(=O)C(=O)[C@@H](N)CS. The number of ether oxygens (including phenoxy) is 1. The lowest BCUT2D eigenvalue weighted by molar-refractivity contribution is -0.139. The van der Waals surface area contributed by atoms with E-state index in [1.165, 1.54) is 32.4 Å². The van der Waals surface area contributed by atoms with E-state index in [2.05, 4.69) is 57.0 Å². The molecule has 1 aliphatic heterocycles. The number of carbonyl (C=O) groups excluding carboxylic acids is 5. The van der Waals surface area contributed by atoms with Crippen molar-refractivity contribution in [2.75, 3.05) is 43.2 Å². The normalized spacial score (nSPS) is 19.6. The number of phosphoric ester groups is 1. The lowest BCUT2D eigenvalue weighted by atomic mass is 10.2. The van der Waals surface area contributed by atoms with Gasteiger partial charge in [-0.25, -0.2) is 23.7 Å². The minimum absolute atomic E-state index is 0.0199. The molecule has 0 bridgehead atoms. The lowest BCUT2D eigenvalue weighted by Gasteiger charge is -2.19. The number of fused-ring (bicyclic) bond motifs is 1. The van der Waals surface area contributed by atoms with Crippen LogP contribution < -0.4 is 32.7 Å². The maximum Gasteiger partial charge on any atom is 0.490 e. The van der Waals surface area contributed by atoms with E-state index < -0.39 is 78.2 Å². The maximum atomic E-state index is 13.0.